The summed E-state index contributed by atoms with van der Waals surface area (Å²) in [5.74, 6) is 0.715. The maximum Gasteiger partial charge on any atom is 0.127 e. The van der Waals surface area contributed by atoms with E-state index in [4.69, 9.17) is 5.73 Å². The maximum atomic E-state index is 13.6. The van der Waals surface area contributed by atoms with Crippen LogP contribution in [0.3, 0.4) is 0 Å². The molecule has 0 saturated heterocycles. The second kappa shape index (κ2) is 5.10. The van der Waals surface area contributed by atoms with Crippen LogP contribution < -0.4 is 5.73 Å². The lowest BCUT2D eigenvalue weighted by molar-refractivity contribution is 0.608. The van der Waals surface area contributed by atoms with Gasteiger partial charge in [0.25, 0.3) is 0 Å². The summed E-state index contributed by atoms with van der Waals surface area (Å²) in [5.41, 5.74) is 6.89. The number of benzene rings is 1. The van der Waals surface area contributed by atoms with E-state index in [9.17, 15) is 4.39 Å². The highest BCUT2D eigenvalue weighted by atomic mass is 19.1. The van der Waals surface area contributed by atoms with Crippen molar-refractivity contribution in [3.8, 4) is 0 Å². The molecular formula is C13H16FN3. The lowest BCUT2D eigenvalue weighted by Gasteiger charge is -2.06. The van der Waals surface area contributed by atoms with E-state index in [2.05, 4.69) is 16.5 Å². The molecule has 0 aliphatic carbocycles. The third-order valence-corrected chi connectivity index (χ3v) is 2.84. The SMILES string of the molecule is CCn1ccnc1Cc1ccc(CN)c(F)c1. The Bertz CT molecular complexity index is 505. The number of halogens is 1. The quantitative estimate of drug-likeness (QED) is 0.878. The number of nitrogens with zero attached hydrogens (tertiary/aromatic N) is 2. The second-order valence-corrected chi connectivity index (χ2v) is 3.94. The van der Waals surface area contributed by atoms with Crippen LogP contribution in [0.5, 0.6) is 0 Å². The Kier molecular flexibility index (Phi) is 3.54. The summed E-state index contributed by atoms with van der Waals surface area (Å²) < 4.78 is 15.6. The summed E-state index contributed by atoms with van der Waals surface area (Å²) in [6.07, 6.45) is 4.34. The molecule has 0 spiro atoms. The molecule has 0 unspecified atom stereocenters. The van der Waals surface area contributed by atoms with Crippen LogP contribution in [0.1, 0.15) is 23.9 Å². The number of rotatable bonds is 4. The summed E-state index contributed by atoms with van der Waals surface area (Å²) in [6.45, 7) is 3.16. The first-order chi connectivity index (χ1) is 8.24. The van der Waals surface area contributed by atoms with Crippen molar-refractivity contribution < 1.29 is 4.39 Å². The molecule has 0 amide bonds. The Balaban J connectivity index is 2.22. The molecule has 0 bridgehead atoms. The predicted octanol–water partition coefficient (Wildman–Crippen LogP) is 2.09. The van der Waals surface area contributed by atoms with Crippen molar-refractivity contribution in [1.82, 2.24) is 9.55 Å². The molecule has 17 heavy (non-hydrogen) atoms. The Labute approximate surface area is 100 Å². The zero-order valence-electron chi connectivity index (χ0n) is 9.86. The van der Waals surface area contributed by atoms with Crippen LogP contribution in [0.15, 0.2) is 30.6 Å². The van der Waals surface area contributed by atoms with Gasteiger partial charge in [0.15, 0.2) is 0 Å². The van der Waals surface area contributed by atoms with Crippen molar-refractivity contribution in [1.29, 1.82) is 0 Å². The molecule has 2 N–H and O–H groups in total. The Morgan fingerprint density at radius 3 is 2.88 bits per heavy atom. The lowest BCUT2D eigenvalue weighted by atomic mass is 10.1. The molecule has 90 valence electrons. The van der Waals surface area contributed by atoms with Crippen molar-refractivity contribution in [2.24, 2.45) is 5.73 Å². The van der Waals surface area contributed by atoms with E-state index < -0.39 is 0 Å². The van der Waals surface area contributed by atoms with Crippen LogP contribution in [-0.4, -0.2) is 9.55 Å². The smallest absolute Gasteiger partial charge is 0.127 e. The number of hydrogen-bond donors (Lipinski definition) is 1. The first-order valence-electron chi connectivity index (χ1n) is 5.72. The molecule has 0 saturated carbocycles. The minimum Gasteiger partial charge on any atom is -0.335 e. The van der Waals surface area contributed by atoms with E-state index >= 15 is 0 Å². The fourth-order valence-electron chi connectivity index (χ4n) is 1.84. The second-order valence-electron chi connectivity index (χ2n) is 3.94. The highest BCUT2D eigenvalue weighted by molar-refractivity contribution is 5.26. The highest BCUT2D eigenvalue weighted by Gasteiger charge is 2.06. The molecule has 0 aliphatic heterocycles. The zero-order valence-corrected chi connectivity index (χ0v) is 9.86. The molecule has 1 heterocycles. The van der Waals surface area contributed by atoms with Gasteiger partial charge < -0.3 is 10.3 Å². The molecule has 3 nitrogen and oxygen atoms in total. The Morgan fingerprint density at radius 1 is 1.41 bits per heavy atom. The maximum absolute atomic E-state index is 13.6. The average molecular weight is 233 g/mol. The molecule has 0 radical (unpaired) electrons. The van der Waals surface area contributed by atoms with Gasteiger partial charge in [0, 0.05) is 37.5 Å². The van der Waals surface area contributed by atoms with E-state index in [0.29, 0.717) is 12.0 Å². The Hall–Kier alpha value is -1.68. The van der Waals surface area contributed by atoms with Gasteiger partial charge in [-0.25, -0.2) is 9.37 Å². The third kappa shape index (κ3) is 2.53. The van der Waals surface area contributed by atoms with Crippen molar-refractivity contribution in [3.63, 3.8) is 0 Å². The predicted molar refractivity (Wildman–Crippen MR) is 65.0 cm³/mol. The fourth-order valence-corrected chi connectivity index (χ4v) is 1.84. The summed E-state index contributed by atoms with van der Waals surface area (Å²) in [5, 5.41) is 0. The summed E-state index contributed by atoms with van der Waals surface area (Å²) in [4.78, 5) is 4.27. The third-order valence-electron chi connectivity index (χ3n) is 2.84. The van der Waals surface area contributed by atoms with Gasteiger partial charge >= 0.3 is 0 Å². The monoisotopic (exact) mass is 233 g/mol. The number of hydrogen-bond acceptors (Lipinski definition) is 2. The van der Waals surface area contributed by atoms with Crippen LogP contribution in [0.25, 0.3) is 0 Å². The molecule has 0 fully saturated rings. The van der Waals surface area contributed by atoms with E-state index in [1.165, 1.54) is 6.07 Å². The normalized spacial score (nSPS) is 10.8. The van der Waals surface area contributed by atoms with Gasteiger partial charge in [-0.3, -0.25) is 0 Å². The number of aryl methyl sites for hydroxylation is 1. The number of nitrogens with two attached hydrogens (primary N) is 1. The largest absolute Gasteiger partial charge is 0.335 e. The minimum absolute atomic E-state index is 0.232. The van der Waals surface area contributed by atoms with Gasteiger partial charge in [-0.15, -0.1) is 0 Å². The molecule has 2 aromatic rings. The van der Waals surface area contributed by atoms with Crippen LogP contribution in [0.2, 0.25) is 0 Å². The van der Waals surface area contributed by atoms with E-state index in [-0.39, 0.29) is 12.4 Å². The van der Waals surface area contributed by atoms with Crippen molar-refractivity contribution in [2.45, 2.75) is 26.4 Å². The fraction of sp³-hybridized carbons (Fsp3) is 0.308. The van der Waals surface area contributed by atoms with E-state index in [1.807, 2.05) is 12.3 Å². The highest BCUT2D eigenvalue weighted by Crippen LogP contribution is 2.13. The molecule has 1 aromatic heterocycles. The van der Waals surface area contributed by atoms with Gasteiger partial charge in [0.05, 0.1) is 0 Å². The van der Waals surface area contributed by atoms with Crippen LogP contribution in [-0.2, 0) is 19.5 Å². The lowest BCUT2D eigenvalue weighted by Crippen LogP contribution is -2.04. The standard InChI is InChI=1S/C13H16FN3/c1-2-17-6-5-16-13(17)8-10-3-4-11(9-15)12(14)7-10/h3-7H,2,8-9,15H2,1H3. The molecule has 4 heteroatoms. The zero-order chi connectivity index (χ0) is 12.3. The van der Waals surface area contributed by atoms with Crippen molar-refractivity contribution >= 4 is 0 Å². The van der Waals surface area contributed by atoms with Crippen LogP contribution in [0, 0.1) is 5.82 Å². The topological polar surface area (TPSA) is 43.8 Å². The van der Waals surface area contributed by atoms with Gasteiger partial charge in [-0.1, -0.05) is 12.1 Å². The molecule has 0 aliphatic rings. The van der Waals surface area contributed by atoms with E-state index in [1.54, 1.807) is 12.3 Å². The van der Waals surface area contributed by atoms with Gasteiger partial charge in [0.2, 0.25) is 0 Å². The summed E-state index contributed by atoms with van der Waals surface area (Å²) >= 11 is 0. The van der Waals surface area contributed by atoms with Gasteiger partial charge in [-0.05, 0) is 18.6 Å². The van der Waals surface area contributed by atoms with Crippen LogP contribution in [0.4, 0.5) is 4.39 Å². The van der Waals surface area contributed by atoms with E-state index in [0.717, 1.165) is 17.9 Å². The first kappa shape index (κ1) is 11.8. The average Bonchev–Trinajstić information content (AvgIpc) is 2.76. The molecule has 1 aromatic carbocycles. The number of imidazole rings is 1. The van der Waals surface area contributed by atoms with Crippen LogP contribution >= 0.6 is 0 Å². The summed E-state index contributed by atoms with van der Waals surface area (Å²) in [6, 6.07) is 5.18. The van der Waals surface area contributed by atoms with Gasteiger partial charge in [0.1, 0.15) is 11.6 Å². The van der Waals surface area contributed by atoms with Crippen molar-refractivity contribution in [2.75, 3.05) is 0 Å². The van der Waals surface area contributed by atoms with Crippen molar-refractivity contribution in [3.05, 3.63) is 53.4 Å². The Morgan fingerprint density at radius 2 is 2.24 bits per heavy atom. The molecule has 0 atom stereocenters. The number of aromatic nitrogens is 2. The summed E-state index contributed by atoms with van der Waals surface area (Å²) in [7, 11) is 0. The van der Waals surface area contributed by atoms with Gasteiger partial charge in [-0.2, -0.15) is 0 Å². The minimum atomic E-state index is -0.236. The molecular weight excluding hydrogens is 217 g/mol. The molecule has 2 rings (SSSR count). The first-order valence-corrected chi connectivity index (χ1v) is 5.72.